The number of fused-ring (bicyclic) bond motifs is 1. The number of nitrogens with two attached hydrogens (primary N) is 1. The van der Waals surface area contributed by atoms with Crippen LogP contribution in [0.3, 0.4) is 0 Å². The van der Waals surface area contributed by atoms with E-state index in [4.69, 9.17) is 5.73 Å². The number of benzene rings is 4. The summed E-state index contributed by atoms with van der Waals surface area (Å²) in [6, 6.07) is 27.0. The highest BCUT2D eigenvalue weighted by molar-refractivity contribution is 6.01. The normalized spacial score (nSPS) is 11.6. The van der Waals surface area contributed by atoms with Crippen LogP contribution in [0, 0.1) is 12.7 Å². The number of rotatable bonds is 3. The first-order valence-corrected chi connectivity index (χ1v) is 9.06. The molecule has 3 nitrogen and oxygen atoms in total. The smallest absolute Gasteiger partial charge is 0.198 e. The van der Waals surface area contributed by atoms with Crippen molar-refractivity contribution in [2.75, 3.05) is 5.32 Å². The van der Waals surface area contributed by atoms with Gasteiger partial charge < -0.3 is 11.1 Å². The van der Waals surface area contributed by atoms with E-state index < -0.39 is 0 Å². The van der Waals surface area contributed by atoms with Crippen molar-refractivity contribution in [3.63, 3.8) is 0 Å². The number of nitrogens with one attached hydrogen (secondary N) is 1. The third kappa shape index (κ3) is 3.58. The lowest BCUT2D eigenvalue weighted by Gasteiger charge is -2.11. The van der Waals surface area contributed by atoms with Crippen LogP contribution in [0.5, 0.6) is 0 Å². The second-order valence-corrected chi connectivity index (χ2v) is 6.65. The van der Waals surface area contributed by atoms with Gasteiger partial charge in [0.25, 0.3) is 0 Å². The molecule has 4 aromatic rings. The van der Waals surface area contributed by atoms with E-state index in [0.29, 0.717) is 5.69 Å². The van der Waals surface area contributed by atoms with Crippen molar-refractivity contribution < 1.29 is 4.39 Å². The van der Waals surface area contributed by atoms with Gasteiger partial charge in [0.1, 0.15) is 5.82 Å². The molecule has 0 radical (unpaired) electrons. The average Bonchev–Trinajstić information content (AvgIpc) is 2.71. The van der Waals surface area contributed by atoms with Crippen LogP contribution in [0.1, 0.15) is 5.56 Å². The Kier molecular flexibility index (Phi) is 4.77. The predicted octanol–water partition coefficient (Wildman–Crippen LogP) is 6.01. The van der Waals surface area contributed by atoms with Crippen molar-refractivity contribution in [2.45, 2.75) is 6.92 Å². The van der Waals surface area contributed by atoms with Crippen LogP contribution in [-0.4, -0.2) is 5.96 Å². The quantitative estimate of drug-likeness (QED) is 0.343. The summed E-state index contributed by atoms with van der Waals surface area (Å²) in [4.78, 5) is 4.52. The fourth-order valence-electron chi connectivity index (χ4n) is 3.29. The largest absolute Gasteiger partial charge is 0.369 e. The van der Waals surface area contributed by atoms with Gasteiger partial charge in [0.2, 0.25) is 0 Å². The summed E-state index contributed by atoms with van der Waals surface area (Å²) in [5.74, 6) is -0.233. The Morgan fingerprint density at radius 1 is 0.857 bits per heavy atom. The Morgan fingerprint density at radius 3 is 2.46 bits per heavy atom. The number of aryl methyl sites for hydroxylation is 1. The number of hydrogen-bond acceptors (Lipinski definition) is 1. The number of aliphatic imine (C=N–C) groups is 1. The van der Waals surface area contributed by atoms with E-state index in [2.05, 4.69) is 34.6 Å². The van der Waals surface area contributed by atoms with Crippen molar-refractivity contribution in [3.8, 4) is 11.1 Å². The Labute approximate surface area is 163 Å². The molecule has 0 aliphatic heterocycles. The van der Waals surface area contributed by atoms with E-state index in [1.807, 2.05) is 49.4 Å². The lowest BCUT2D eigenvalue weighted by Crippen LogP contribution is -2.22. The second-order valence-electron chi connectivity index (χ2n) is 6.65. The van der Waals surface area contributed by atoms with Crippen molar-refractivity contribution in [1.82, 2.24) is 0 Å². The van der Waals surface area contributed by atoms with E-state index in [9.17, 15) is 4.39 Å². The molecule has 0 amide bonds. The molecule has 0 atom stereocenters. The fraction of sp³-hybridized carbons (Fsp3) is 0.0417. The molecule has 0 heterocycles. The number of hydrogen-bond donors (Lipinski definition) is 2. The van der Waals surface area contributed by atoms with E-state index in [1.54, 1.807) is 12.1 Å². The molecular weight excluding hydrogens is 349 g/mol. The van der Waals surface area contributed by atoms with Gasteiger partial charge in [-0.05, 0) is 47.0 Å². The molecule has 0 bridgehead atoms. The Hall–Kier alpha value is -3.66. The van der Waals surface area contributed by atoms with E-state index >= 15 is 0 Å². The third-order valence-electron chi connectivity index (χ3n) is 4.61. The summed E-state index contributed by atoms with van der Waals surface area (Å²) < 4.78 is 14.0. The van der Waals surface area contributed by atoms with Gasteiger partial charge in [0.15, 0.2) is 5.96 Å². The molecule has 0 unspecified atom stereocenters. The monoisotopic (exact) mass is 369 g/mol. The van der Waals surface area contributed by atoms with Crippen molar-refractivity contribution >= 4 is 28.1 Å². The zero-order valence-electron chi connectivity index (χ0n) is 15.5. The average molecular weight is 369 g/mol. The molecule has 4 heteroatoms. The molecule has 138 valence electrons. The number of guanidine groups is 1. The molecule has 0 spiro atoms. The standard InChI is InChI=1S/C24H20FN3/c1-16-13-14-21(25)23(15-16)28-24(26)27-22-12-5-4-10-20(22)19-11-6-8-17-7-2-3-9-18(17)19/h2-15H,1H3,(H3,26,27,28). The molecule has 0 aliphatic carbocycles. The van der Waals surface area contributed by atoms with Crippen molar-refractivity contribution in [1.29, 1.82) is 0 Å². The molecule has 4 aromatic carbocycles. The molecule has 0 aromatic heterocycles. The van der Waals surface area contributed by atoms with Gasteiger partial charge in [0, 0.05) is 5.56 Å². The minimum Gasteiger partial charge on any atom is -0.369 e. The predicted molar refractivity (Wildman–Crippen MR) is 115 cm³/mol. The molecule has 0 saturated heterocycles. The van der Waals surface area contributed by atoms with Gasteiger partial charge in [0.05, 0.1) is 11.4 Å². The van der Waals surface area contributed by atoms with Gasteiger partial charge in [-0.1, -0.05) is 66.7 Å². The van der Waals surface area contributed by atoms with Crippen LogP contribution in [0.25, 0.3) is 21.9 Å². The maximum Gasteiger partial charge on any atom is 0.198 e. The summed E-state index contributed by atoms with van der Waals surface area (Å²) in [5.41, 5.74) is 10.1. The van der Waals surface area contributed by atoms with Crippen molar-refractivity contribution in [3.05, 3.63) is 96.3 Å². The second kappa shape index (κ2) is 7.53. The topological polar surface area (TPSA) is 50.4 Å². The van der Waals surface area contributed by atoms with Gasteiger partial charge in [-0.2, -0.15) is 0 Å². The molecular formula is C24H20FN3. The van der Waals surface area contributed by atoms with Crippen LogP contribution in [0.4, 0.5) is 15.8 Å². The third-order valence-corrected chi connectivity index (χ3v) is 4.61. The summed E-state index contributed by atoms with van der Waals surface area (Å²) in [6.45, 7) is 1.90. The molecule has 0 saturated carbocycles. The molecule has 0 fully saturated rings. The number of halogens is 1. The van der Waals surface area contributed by atoms with E-state index in [1.165, 1.54) is 6.07 Å². The minimum absolute atomic E-state index is 0.136. The molecule has 0 aliphatic rings. The molecule has 4 rings (SSSR count). The van der Waals surface area contributed by atoms with Gasteiger partial charge in [-0.25, -0.2) is 9.38 Å². The van der Waals surface area contributed by atoms with Crippen LogP contribution in [-0.2, 0) is 0 Å². The highest BCUT2D eigenvalue weighted by Gasteiger charge is 2.09. The maximum absolute atomic E-state index is 14.0. The highest BCUT2D eigenvalue weighted by atomic mass is 19.1. The minimum atomic E-state index is -0.369. The fourth-order valence-corrected chi connectivity index (χ4v) is 3.29. The van der Waals surface area contributed by atoms with Crippen LogP contribution in [0.2, 0.25) is 0 Å². The number of nitrogens with zero attached hydrogens (tertiary/aromatic N) is 1. The Bertz CT molecular complexity index is 1180. The summed E-state index contributed by atoms with van der Waals surface area (Å²) >= 11 is 0. The van der Waals surface area contributed by atoms with Crippen molar-refractivity contribution in [2.24, 2.45) is 10.7 Å². The molecule has 3 N–H and O–H groups in total. The number of anilines is 1. The van der Waals surface area contributed by atoms with E-state index in [0.717, 1.165) is 33.2 Å². The van der Waals surface area contributed by atoms with Gasteiger partial charge in [-0.15, -0.1) is 0 Å². The summed E-state index contributed by atoms with van der Waals surface area (Å²) in [7, 11) is 0. The first-order valence-electron chi connectivity index (χ1n) is 9.06. The van der Waals surface area contributed by atoms with Crippen LogP contribution < -0.4 is 11.1 Å². The SMILES string of the molecule is Cc1ccc(F)c(NC(N)=Nc2ccccc2-c2cccc3ccccc23)c1. The zero-order chi connectivity index (χ0) is 19.5. The first kappa shape index (κ1) is 17.7. The highest BCUT2D eigenvalue weighted by Crippen LogP contribution is 2.35. The lowest BCUT2D eigenvalue weighted by molar-refractivity contribution is 0.631. The van der Waals surface area contributed by atoms with E-state index in [-0.39, 0.29) is 11.8 Å². The first-order chi connectivity index (χ1) is 13.6. The molecule has 28 heavy (non-hydrogen) atoms. The Morgan fingerprint density at radius 2 is 1.57 bits per heavy atom. The summed E-state index contributed by atoms with van der Waals surface area (Å²) in [6.07, 6.45) is 0. The maximum atomic E-state index is 14.0. The van der Waals surface area contributed by atoms with Crippen LogP contribution in [0.15, 0.2) is 89.9 Å². The van der Waals surface area contributed by atoms with Gasteiger partial charge >= 0.3 is 0 Å². The lowest BCUT2D eigenvalue weighted by atomic mass is 9.97. The number of para-hydroxylation sites is 1. The zero-order valence-corrected chi connectivity index (χ0v) is 15.5. The Balaban J connectivity index is 1.76. The summed E-state index contributed by atoms with van der Waals surface area (Å²) in [5, 5.41) is 5.17. The van der Waals surface area contributed by atoms with Gasteiger partial charge in [-0.3, -0.25) is 0 Å². The van der Waals surface area contributed by atoms with Crippen LogP contribution >= 0.6 is 0 Å².